The summed E-state index contributed by atoms with van der Waals surface area (Å²) in [5.41, 5.74) is 2.02. The molecule has 142 valence electrons. The zero-order valence-electron chi connectivity index (χ0n) is 15.4. The van der Waals surface area contributed by atoms with Crippen LogP contribution in [0.5, 0.6) is 5.75 Å². The summed E-state index contributed by atoms with van der Waals surface area (Å²) < 4.78 is 13.4. The Kier molecular flexibility index (Phi) is 3.89. The van der Waals surface area contributed by atoms with E-state index in [1.807, 2.05) is 30.3 Å². The largest absolute Gasteiger partial charge is 0.495 e. The molecule has 0 aliphatic carbocycles. The summed E-state index contributed by atoms with van der Waals surface area (Å²) in [5, 5.41) is 15.9. The number of urea groups is 1. The number of ether oxygens (including phenoxy) is 1. The Morgan fingerprint density at radius 1 is 1.21 bits per heavy atom. The van der Waals surface area contributed by atoms with Gasteiger partial charge in [0.15, 0.2) is 5.82 Å². The maximum absolute atomic E-state index is 12.4. The van der Waals surface area contributed by atoms with Gasteiger partial charge >= 0.3 is 6.03 Å². The Balaban J connectivity index is 1.37. The molecular weight excluding hydrogens is 358 g/mol. The molecule has 1 aliphatic heterocycles. The quantitative estimate of drug-likeness (QED) is 0.568. The number of nitrogens with one attached hydrogen (secondary N) is 2. The van der Waals surface area contributed by atoms with E-state index in [1.165, 1.54) is 0 Å². The van der Waals surface area contributed by atoms with Crippen LogP contribution in [0.25, 0.3) is 21.9 Å². The fraction of sp³-hybridized carbons (Fsp3) is 0.250. The van der Waals surface area contributed by atoms with E-state index in [4.69, 9.17) is 9.15 Å². The molecule has 0 bridgehead atoms. The second-order valence-electron chi connectivity index (χ2n) is 6.74. The van der Waals surface area contributed by atoms with Crippen LogP contribution in [0.4, 0.5) is 10.5 Å². The number of fused-ring (bicyclic) bond motifs is 4. The molecule has 2 aromatic carbocycles. The van der Waals surface area contributed by atoms with Gasteiger partial charge in [-0.05, 0) is 18.6 Å². The Hall–Kier alpha value is -3.55. The van der Waals surface area contributed by atoms with Gasteiger partial charge in [-0.1, -0.05) is 18.2 Å². The third-order valence-corrected chi connectivity index (χ3v) is 5.04. The molecule has 1 aliphatic rings. The lowest BCUT2D eigenvalue weighted by molar-refractivity contribution is 0.251. The van der Waals surface area contributed by atoms with Crippen molar-refractivity contribution in [3.05, 3.63) is 48.0 Å². The molecular formula is C20H19N5O3. The van der Waals surface area contributed by atoms with E-state index in [1.54, 1.807) is 13.2 Å². The van der Waals surface area contributed by atoms with Crippen molar-refractivity contribution in [3.8, 4) is 5.75 Å². The number of aryl methyl sites for hydroxylation is 1. The number of nitrogens with zero attached hydrogens (tertiary/aromatic N) is 3. The molecule has 4 aromatic rings. The van der Waals surface area contributed by atoms with E-state index < -0.39 is 0 Å². The number of methoxy groups -OCH3 is 1. The van der Waals surface area contributed by atoms with Crippen molar-refractivity contribution in [2.45, 2.75) is 25.9 Å². The average Bonchev–Trinajstić information content (AvgIpc) is 3.40. The molecule has 2 amide bonds. The topological polar surface area (TPSA) is 94.2 Å². The van der Waals surface area contributed by atoms with Crippen molar-refractivity contribution in [2.75, 3.05) is 12.4 Å². The number of aromatic nitrogens is 3. The smallest absolute Gasteiger partial charge is 0.319 e. The number of furan rings is 1. The van der Waals surface area contributed by atoms with Crippen molar-refractivity contribution in [1.29, 1.82) is 0 Å². The number of amides is 2. The molecule has 0 unspecified atom stereocenters. The molecule has 0 saturated heterocycles. The van der Waals surface area contributed by atoms with E-state index in [0.717, 1.165) is 47.4 Å². The van der Waals surface area contributed by atoms with Crippen LogP contribution in [0.3, 0.4) is 0 Å². The summed E-state index contributed by atoms with van der Waals surface area (Å²) >= 11 is 0. The number of para-hydroxylation sites is 1. The number of carbonyl (C=O) groups is 1. The van der Waals surface area contributed by atoms with Gasteiger partial charge in [-0.3, -0.25) is 0 Å². The molecule has 8 heteroatoms. The molecule has 3 heterocycles. The van der Waals surface area contributed by atoms with E-state index in [0.29, 0.717) is 23.6 Å². The van der Waals surface area contributed by atoms with Crippen LogP contribution in [-0.2, 0) is 19.5 Å². The van der Waals surface area contributed by atoms with Gasteiger partial charge < -0.3 is 24.4 Å². The Labute approximate surface area is 160 Å². The third kappa shape index (κ3) is 2.74. The van der Waals surface area contributed by atoms with Gasteiger partial charge in [0.2, 0.25) is 0 Å². The molecule has 0 fully saturated rings. The summed E-state index contributed by atoms with van der Waals surface area (Å²) in [6.07, 6.45) is 2.01. The summed E-state index contributed by atoms with van der Waals surface area (Å²) in [5.74, 6) is 2.31. The molecule has 0 saturated carbocycles. The fourth-order valence-electron chi connectivity index (χ4n) is 3.69. The number of hydrogen-bond donors (Lipinski definition) is 2. The lowest BCUT2D eigenvalue weighted by atomic mass is 10.1. The maximum atomic E-state index is 12.4. The average molecular weight is 377 g/mol. The van der Waals surface area contributed by atoms with Gasteiger partial charge in [0.05, 0.1) is 19.3 Å². The third-order valence-electron chi connectivity index (χ3n) is 5.04. The van der Waals surface area contributed by atoms with Gasteiger partial charge in [0.25, 0.3) is 0 Å². The molecule has 0 radical (unpaired) electrons. The van der Waals surface area contributed by atoms with Crippen LogP contribution in [0.15, 0.2) is 40.8 Å². The van der Waals surface area contributed by atoms with Crippen LogP contribution in [-0.4, -0.2) is 27.9 Å². The molecule has 28 heavy (non-hydrogen) atoms. The van der Waals surface area contributed by atoms with Crippen LogP contribution in [0, 0.1) is 0 Å². The monoisotopic (exact) mass is 377 g/mol. The van der Waals surface area contributed by atoms with E-state index in [2.05, 4.69) is 25.4 Å². The zero-order chi connectivity index (χ0) is 19.1. The predicted molar refractivity (Wildman–Crippen MR) is 104 cm³/mol. The molecule has 8 nitrogen and oxygen atoms in total. The minimum absolute atomic E-state index is 0.314. The highest BCUT2D eigenvalue weighted by Gasteiger charge is 2.18. The highest BCUT2D eigenvalue weighted by Crippen LogP contribution is 2.36. The standard InChI is InChI=1S/C20H19N5O3/c1-27-17-9-13-12-5-2-3-6-15(12)28-16(13)10-14(17)22-20(26)21-11-19-24-23-18-7-4-8-25(18)19/h2-3,5-6,9-10H,4,7-8,11H2,1H3,(H2,21,22,26). The van der Waals surface area contributed by atoms with E-state index in [9.17, 15) is 4.79 Å². The van der Waals surface area contributed by atoms with Crippen LogP contribution >= 0.6 is 0 Å². The zero-order valence-corrected chi connectivity index (χ0v) is 15.4. The normalized spacial score (nSPS) is 13.0. The molecule has 2 N–H and O–H groups in total. The second kappa shape index (κ2) is 6.56. The molecule has 0 atom stereocenters. The fourth-order valence-corrected chi connectivity index (χ4v) is 3.69. The van der Waals surface area contributed by atoms with Gasteiger partial charge in [0.1, 0.15) is 22.7 Å². The Bertz CT molecular complexity index is 1190. The van der Waals surface area contributed by atoms with E-state index >= 15 is 0 Å². The summed E-state index contributed by atoms with van der Waals surface area (Å²) in [7, 11) is 1.58. The van der Waals surface area contributed by atoms with Crippen molar-refractivity contribution < 1.29 is 13.9 Å². The van der Waals surface area contributed by atoms with Gasteiger partial charge in [-0.25, -0.2) is 4.79 Å². The second-order valence-corrected chi connectivity index (χ2v) is 6.74. The van der Waals surface area contributed by atoms with Gasteiger partial charge in [-0.15, -0.1) is 10.2 Å². The summed E-state index contributed by atoms with van der Waals surface area (Å²) in [4.78, 5) is 12.4. The van der Waals surface area contributed by atoms with Crippen molar-refractivity contribution in [2.24, 2.45) is 0 Å². The minimum atomic E-state index is -0.343. The van der Waals surface area contributed by atoms with Gasteiger partial charge in [0, 0.05) is 29.8 Å². The van der Waals surface area contributed by atoms with Crippen molar-refractivity contribution in [1.82, 2.24) is 20.1 Å². The van der Waals surface area contributed by atoms with Crippen LogP contribution in [0.2, 0.25) is 0 Å². The number of rotatable bonds is 4. The lowest BCUT2D eigenvalue weighted by Gasteiger charge is -2.11. The predicted octanol–water partition coefficient (Wildman–Crippen LogP) is 3.45. The first-order chi connectivity index (χ1) is 13.7. The summed E-state index contributed by atoms with van der Waals surface area (Å²) in [6.45, 7) is 1.21. The first-order valence-electron chi connectivity index (χ1n) is 9.18. The molecule has 0 spiro atoms. The number of hydrogen-bond acceptors (Lipinski definition) is 5. The van der Waals surface area contributed by atoms with Crippen LogP contribution < -0.4 is 15.4 Å². The SMILES string of the molecule is COc1cc2c(cc1NC(=O)NCc1nnc3n1CCC3)oc1ccccc12. The van der Waals surface area contributed by atoms with Gasteiger partial charge in [-0.2, -0.15) is 0 Å². The maximum Gasteiger partial charge on any atom is 0.319 e. The molecule has 5 rings (SSSR count). The number of benzene rings is 2. The summed E-state index contributed by atoms with van der Waals surface area (Å²) in [6, 6.07) is 11.1. The van der Waals surface area contributed by atoms with Crippen molar-refractivity contribution >= 4 is 33.7 Å². The number of anilines is 1. The molecule has 2 aromatic heterocycles. The highest BCUT2D eigenvalue weighted by atomic mass is 16.5. The van der Waals surface area contributed by atoms with Crippen LogP contribution in [0.1, 0.15) is 18.1 Å². The highest BCUT2D eigenvalue weighted by molar-refractivity contribution is 6.07. The van der Waals surface area contributed by atoms with Crippen molar-refractivity contribution in [3.63, 3.8) is 0 Å². The minimum Gasteiger partial charge on any atom is -0.495 e. The Morgan fingerprint density at radius 3 is 3.00 bits per heavy atom. The van der Waals surface area contributed by atoms with E-state index in [-0.39, 0.29) is 6.03 Å². The Morgan fingerprint density at radius 2 is 2.11 bits per heavy atom. The lowest BCUT2D eigenvalue weighted by Crippen LogP contribution is -2.29. The number of carbonyl (C=O) groups excluding carboxylic acids is 1. The first kappa shape index (κ1) is 16.6. The first-order valence-corrected chi connectivity index (χ1v) is 9.18.